The molecule has 4 aromatic carbocycles. The molecule has 0 aromatic heterocycles. The lowest BCUT2D eigenvalue weighted by Gasteiger charge is -2.07. The molecule has 4 rings (SSSR count). The Bertz CT molecular complexity index is 1000. The average molecular weight is 294 g/mol. The first-order valence-electron chi connectivity index (χ1n) is 7.96. The lowest BCUT2D eigenvalue weighted by Crippen LogP contribution is -1.82. The Labute approximate surface area is 136 Å². The number of benzene rings is 4. The summed E-state index contributed by atoms with van der Waals surface area (Å²) in [5.41, 5.74) is 3.78. The highest BCUT2D eigenvalue weighted by Crippen LogP contribution is 2.29. The first-order chi connectivity index (χ1) is 11.3. The third kappa shape index (κ3) is 2.64. The minimum atomic E-state index is 1.23. The molecule has 0 aliphatic heterocycles. The third-order valence-corrected chi connectivity index (χ3v) is 4.33. The van der Waals surface area contributed by atoms with Crippen molar-refractivity contribution in [1.29, 1.82) is 0 Å². The first kappa shape index (κ1) is 13.8. The van der Waals surface area contributed by atoms with Gasteiger partial charge in [0.25, 0.3) is 0 Å². The van der Waals surface area contributed by atoms with Crippen LogP contribution in [0.2, 0.25) is 0 Å². The predicted molar refractivity (Wildman–Crippen MR) is 102 cm³/mol. The fourth-order valence-corrected chi connectivity index (χ4v) is 3.08. The van der Waals surface area contributed by atoms with E-state index < -0.39 is 0 Å². The number of hydrogen-bond donors (Lipinski definition) is 0. The summed E-state index contributed by atoms with van der Waals surface area (Å²) in [5, 5.41) is 5.22. The Morgan fingerprint density at radius 3 is 2.04 bits per heavy atom. The van der Waals surface area contributed by atoms with Gasteiger partial charge in [0.05, 0.1) is 0 Å². The largest absolute Gasteiger partial charge is 0.0616 e. The number of rotatable bonds is 2. The summed E-state index contributed by atoms with van der Waals surface area (Å²) < 4.78 is 0. The Hall–Kier alpha value is -2.86. The van der Waals surface area contributed by atoms with E-state index >= 15 is 0 Å². The Kier molecular flexibility index (Phi) is 3.44. The topological polar surface area (TPSA) is 0 Å². The highest BCUT2D eigenvalue weighted by atomic mass is 14.1. The lowest BCUT2D eigenvalue weighted by atomic mass is 9.96. The van der Waals surface area contributed by atoms with Crippen LogP contribution in [0.1, 0.15) is 16.7 Å². The predicted octanol–water partition coefficient (Wildman–Crippen LogP) is 6.47. The summed E-state index contributed by atoms with van der Waals surface area (Å²) in [6.45, 7) is 2.12. The normalized spacial score (nSPS) is 11.5. The van der Waals surface area contributed by atoms with Crippen LogP contribution in [0.3, 0.4) is 0 Å². The van der Waals surface area contributed by atoms with Gasteiger partial charge in [0.1, 0.15) is 0 Å². The molecule has 0 spiro atoms. The van der Waals surface area contributed by atoms with Crippen LogP contribution in [-0.2, 0) is 0 Å². The molecule has 0 fully saturated rings. The molecule has 0 nitrogen and oxygen atoms in total. The molecule has 0 unspecified atom stereocenters. The molecule has 0 saturated heterocycles. The highest BCUT2D eigenvalue weighted by molar-refractivity contribution is 6.11. The lowest BCUT2D eigenvalue weighted by molar-refractivity contribution is 1.46. The van der Waals surface area contributed by atoms with E-state index in [-0.39, 0.29) is 0 Å². The van der Waals surface area contributed by atoms with Gasteiger partial charge in [-0.05, 0) is 45.7 Å². The highest BCUT2D eigenvalue weighted by Gasteiger charge is 2.03. The second-order valence-electron chi connectivity index (χ2n) is 5.98. The number of aryl methyl sites for hydroxylation is 1. The van der Waals surface area contributed by atoms with Crippen molar-refractivity contribution in [2.45, 2.75) is 6.92 Å². The fourth-order valence-electron chi connectivity index (χ4n) is 3.08. The van der Waals surface area contributed by atoms with Crippen molar-refractivity contribution < 1.29 is 0 Å². The molecule has 0 amide bonds. The Morgan fingerprint density at radius 1 is 0.609 bits per heavy atom. The molecule has 0 heterocycles. The molecule has 0 radical (unpaired) electrons. The molecule has 23 heavy (non-hydrogen) atoms. The van der Waals surface area contributed by atoms with Gasteiger partial charge in [-0.2, -0.15) is 0 Å². The van der Waals surface area contributed by atoms with Crippen LogP contribution in [0.25, 0.3) is 33.7 Å². The molecular formula is C23H18. The SMILES string of the molecule is Cc1ccc(/C=C/c2cc3ccccc3c3ccccc23)cc1. The number of fused-ring (bicyclic) bond motifs is 3. The van der Waals surface area contributed by atoms with Crippen molar-refractivity contribution >= 4 is 33.7 Å². The van der Waals surface area contributed by atoms with Gasteiger partial charge in [0.15, 0.2) is 0 Å². The molecule has 0 saturated carbocycles. The zero-order valence-corrected chi connectivity index (χ0v) is 13.2. The molecule has 0 N–H and O–H groups in total. The van der Waals surface area contributed by atoms with E-state index in [2.05, 4.69) is 97.9 Å². The van der Waals surface area contributed by atoms with E-state index in [1.165, 1.54) is 38.2 Å². The molecule has 4 aromatic rings. The zero-order valence-electron chi connectivity index (χ0n) is 13.2. The van der Waals surface area contributed by atoms with Gasteiger partial charge >= 0.3 is 0 Å². The van der Waals surface area contributed by atoms with Crippen LogP contribution < -0.4 is 0 Å². The summed E-state index contributed by atoms with van der Waals surface area (Å²) in [6, 6.07) is 28.1. The van der Waals surface area contributed by atoms with Gasteiger partial charge in [0, 0.05) is 0 Å². The maximum absolute atomic E-state index is 2.28. The van der Waals surface area contributed by atoms with E-state index in [4.69, 9.17) is 0 Å². The van der Waals surface area contributed by atoms with Crippen molar-refractivity contribution in [3.8, 4) is 0 Å². The monoisotopic (exact) mass is 294 g/mol. The third-order valence-electron chi connectivity index (χ3n) is 4.33. The van der Waals surface area contributed by atoms with Gasteiger partial charge in [0.2, 0.25) is 0 Å². The standard InChI is InChI=1S/C23H18/c1-17-10-12-18(13-11-17)14-15-20-16-19-6-2-3-7-21(19)23-9-5-4-8-22(20)23/h2-16H,1H3/b15-14+. The maximum Gasteiger partial charge on any atom is -0.00994 e. The van der Waals surface area contributed by atoms with Crippen molar-refractivity contribution in [3.05, 3.63) is 95.6 Å². The summed E-state index contributed by atoms with van der Waals surface area (Å²) in [4.78, 5) is 0. The van der Waals surface area contributed by atoms with Crippen LogP contribution in [-0.4, -0.2) is 0 Å². The molecule has 110 valence electrons. The molecule has 0 heteroatoms. The molecule has 0 aliphatic carbocycles. The van der Waals surface area contributed by atoms with Gasteiger partial charge in [-0.15, -0.1) is 0 Å². The van der Waals surface area contributed by atoms with Gasteiger partial charge in [-0.25, -0.2) is 0 Å². The van der Waals surface area contributed by atoms with Crippen LogP contribution in [0.4, 0.5) is 0 Å². The first-order valence-corrected chi connectivity index (χ1v) is 7.96. The summed E-state index contributed by atoms with van der Waals surface area (Å²) >= 11 is 0. The summed E-state index contributed by atoms with van der Waals surface area (Å²) in [5.74, 6) is 0. The molecule has 0 aliphatic rings. The van der Waals surface area contributed by atoms with Crippen LogP contribution in [0.5, 0.6) is 0 Å². The van der Waals surface area contributed by atoms with E-state index in [1.807, 2.05) is 0 Å². The van der Waals surface area contributed by atoms with E-state index in [9.17, 15) is 0 Å². The second kappa shape index (κ2) is 5.73. The van der Waals surface area contributed by atoms with Crippen molar-refractivity contribution in [1.82, 2.24) is 0 Å². The quantitative estimate of drug-likeness (QED) is 0.293. The van der Waals surface area contributed by atoms with E-state index in [0.717, 1.165) is 0 Å². The average Bonchev–Trinajstić information content (AvgIpc) is 2.61. The summed E-state index contributed by atoms with van der Waals surface area (Å²) in [6.07, 6.45) is 4.41. The smallest absolute Gasteiger partial charge is 0.00994 e. The molecule has 0 atom stereocenters. The summed E-state index contributed by atoms with van der Waals surface area (Å²) in [7, 11) is 0. The minimum absolute atomic E-state index is 1.23. The second-order valence-corrected chi connectivity index (χ2v) is 5.98. The molecule has 0 bridgehead atoms. The fraction of sp³-hybridized carbons (Fsp3) is 0.0435. The minimum Gasteiger partial charge on any atom is -0.0616 e. The zero-order chi connectivity index (χ0) is 15.6. The molecular weight excluding hydrogens is 276 g/mol. The van der Waals surface area contributed by atoms with Crippen LogP contribution in [0.15, 0.2) is 78.9 Å². The van der Waals surface area contributed by atoms with Crippen molar-refractivity contribution in [2.75, 3.05) is 0 Å². The Morgan fingerprint density at radius 2 is 1.26 bits per heavy atom. The van der Waals surface area contributed by atoms with Crippen LogP contribution >= 0.6 is 0 Å². The van der Waals surface area contributed by atoms with E-state index in [1.54, 1.807) is 0 Å². The van der Waals surface area contributed by atoms with Gasteiger partial charge < -0.3 is 0 Å². The van der Waals surface area contributed by atoms with Crippen LogP contribution in [0, 0.1) is 6.92 Å². The van der Waals surface area contributed by atoms with Crippen molar-refractivity contribution in [2.24, 2.45) is 0 Å². The van der Waals surface area contributed by atoms with Crippen molar-refractivity contribution in [3.63, 3.8) is 0 Å². The van der Waals surface area contributed by atoms with E-state index in [0.29, 0.717) is 0 Å². The van der Waals surface area contributed by atoms with Gasteiger partial charge in [-0.3, -0.25) is 0 Å². The number of hydrogen-bond acceptors (Lipinski definition) is 0. The van der Waals surface area contributed by atoms with Gasteiger partial charge in [-0.1, -0.05) is 90.5 Å². The maximum atomic E-state index is 2.28. The Balaban J connectivity index is 1.89.